The Morgan fingerprint density at radius 3 is 2.61 bits per heavy atom. The first-order valence-corrected chi connectivity index (χ1v) is 5.96. The van der Waals surface area contributed by atoms with Gasteiger partial charge in [0.15, 0.2) is 0 Å². The molecule has 3 amide bonds. The van der Waals surface area contributed by atoms with Crippen molar-refractivity contribution in [2.75, 3.05) is 18.9 Å². The molecule has 18 heavy (non-hydrogen) atoms. The van der Waals surface area contributed by atoms with Crippen molar-refractivity contribution in [3.8, 4) is 0 Å². The highest BCUT2D eigenvalue weighted by molar-refractivity contribution is 5.98. The highest BCUT2D eigenvalue weighted by Crippen LogP contribution is 2.18. The van der Waals surface area contributed by atoms with Crippen LogP contribution in [0.2, 0.25) is 0 Å². The van der Waals surface area contributed by atoms with Crippen molar-refractivity contribution in [1.29, 1.82) is 0 Å². The first-order valence-electron chi connectivity index (χ1n) is 5.96. The van der Waals surface area contributed by atoms with E-state index in [1.165, 1.54) is 0 Å². The minimum atomic E-state index is -0.256. The number of benzene rings is 1. The van der Waals surface area contributed by atoms with E-state index in [2.05, 4.69) is 16.0 Å². The maximum atomic E-state index is 11.6. The van der Waals surface area contributed by atoms with E-state index >= 15 is 0 Å². The van der Waals surface area contributed by atoms with Crippen LogP contribution in [0.25, 0.3) is 0 Å². The molecule has 1 aromatic rings. The maximum Gasteiger partial charge on any atom is 0.319 e. The van der Waals surface area contributed by atoms with Gasteiger partial charge in [-0.1, -0.05) is 13.0 Å². The summed E-state index contributed by atoms with van der Waals surface area (Å²) in [5.74, 6) is -0.162. The van der Waals surface area contributed by atoms with Crippen molar-refractivity contribution < 1.29 is 9.59 Å². The van der Waals surface area contributed by atoms with E-state index in [-0.39, 0.29) is 11.9 Å². The number of carbonyl (C=O) groups is 2. The molecule has 0 saturated heterocycles. The Labute approximate surface area is 107 Å². The van der Waals surface area contributed by atoms with Gasteiger partial charge in [-0.2, -0.15) is 0 Å². The van der Waals surface area contributed by atoms with Gasteiger partial charge in [0, 0.05) is 24.8 Å². The predicted octanol–water partition coefficient (Wildman–Crippen LogP) is 1.89. The van der Waals surface area contributed by atoms with Crippen molar-refractivity contribution in [1.82, 2.24) is 10.6 Å². The SMILES string of the molecule is CCCNC(=O)Nc1cccc(C(=O)NC)c1C. The Hall–Kier alpha value is -2.04. The quantitative estimate of drug-likeness (QED) is 0.762. The van der Waals surface area contributed by atoms with Gasteiger partial charge in [-0.3, -0.25) is 4.79 Å². The number of hydrogen-bond acceptors (Lipinski definition) is 2. The van der Waals surface area contributed by atoms with Crippen LogP contribution >= 0.6 is 0 Å². The van der Waals surface area contributed by atoms with Gasteiger partial charge in [0.1, 0.15) is 0 Å². The number of rotatable bonds is 4. The second-order valence-electron chi connectivity index (χ2n) is 3.94. The van der Waals surface area contributed by atoms with Gasteiger partial charge in [0.25, 0.3) is 5.91 Å². The third-order valence-corrected chi connectivity index (χ3v) is 2.59. The lowest BCUT2D eigenvalue weighted by Gasteiger charge is -2.12. The minimum absolute atomic E-state index is 0.162. The molecule has 0 atom stereocenters. The lowest BCUT2D eigenvalue weighted by Crippen LogP contribution is -2.29. The molecule has 0 radical (unpaired) electrons. The molecule has 1 rings (SSSR count). The van der Waals surface area contributed by atoms with E-state index in [1.54, 1.807) is 32.2 Å². The zero-order valence-corrected chi connectivity index (χ0v) is 11.0. The number of carbonyl (C=O) groups excluding carboxylic acids is 2. The average molecular weight is 249 g/mol. The molecule has 0 unspecified atom stereocenters. The summed E-state index contributed by atoms with van der Waals surface area (Å²) in [6.45, 7) is 4.41. The molecule has 0 heterocycles. The van der Waals surface area contributed by atoms with Crippen LogP contribution in [0.5, 0.6) is 0 Å². The van der Waals surface area contributed by atoms with Gasteiger partial charge in [-0.25, -0.2) is 4.79 Å². The Bertz CT molecular complexity index is 444. The van der Waals surface area contributed by atoms with E-state index in [9.17, 15) is 9.59 Å². The lowest BCUT2D eigenvalue weighted by molar-refractivity contribution is 0.0962. The van der Waals surface area contributed by atoms with Gasteiger partial charge >= 0.3 is 6.03 Å². The molecule has 0 bridgehead atoms. The average Bonchev–Trinajstić information content (AvgIpc) is 2.38. The van der Waals surface area contributed by atoms with Crippen LogP contribution in [-0.2, 0) is 0 Å². The summed E-state index contributed by atoms with van der Waals surface area (Å²) in [4.78, 5) is 23.2. The first kappa shape index (κ1) is 14.0. The van der Waals surface area contributed by atoms with Gasteiger partial charge in [0.05, 0.1) is 0 Å². The van der Waals surface area contributed by atoms with Crippen LogP contribution < -0.4 is 16.0 Å². The molecule has 0 spiro atoms. The molecule has 0 aliphatic carbocycles. The molecule has 0 saturated carbocycles. The zero-order valence-electron chi connectivity index (χ0n) is 11.0. The standard InChI is InChI=1S/C13H19N3O2/c1-4-8-15-13(18)16-11-7-5-6-10(9(11)2)12(17)14-3/h5-7H,4,8H2,1-3H3,(H,14,17)(H2,15,16,18). The number of nitrogens with one attached hydrogen (secondary N) is 3. The summed E-state index contributed by atoms with van der Waals surface area (Å²) in [7, 11) is 1.58. The van der Waals surface area contributed by atoms with Crippen molar-refractivity contribution >= 4 is 17.6 Å². The highest BCUT2D eigenvalue weighted by Gasteiger charge is 2.11. The van der Waals surface area contributed by atoms with Crippen LogP contribution in [0.4, 0.5) is 10.5 Å². The molecule has 0 aliphatic rings. The van der Waals surface area contributed by atoms with Gasteiger partial charge in [-0.05, 0) is 31.0 Å². The third kappa shape index (κ3) is 3.48. The van der Waals surface area contributed by atoms with Gasteiger partial charge in [0.2, 0.25) is 0 Å². The van der Waals surface area contributed by atoms with Crippen molar-refractivity contribution in [2.45, 2.75) is 20.3 Å². The molecule has 0 fully saturated rings. The minimum Gasteiger partial charge on any atom is -0.355 e. The Balaban J connectivity index is 2.84. The van der Waals surface area contributed by atoms with E-state index in [1.807, 2.05) is 6.92 Å². The number of anilines is 1. The summed E-state index contributed by atoms with van der Waals surface area (Å²) in [6.07, 6.45) is 0.880. The van der Waals surface area contributed by atoms with Gasteiger partial charge in [-0.15, -0.1) is 0 Å². The summed E-state index contributed by atoms with van der Waals surface area (Å²) in [6, 6.07) is 4.98. The highest BCUT2D eigenvalue weighted by atomic mass is 16.2. The Kier molecular flexibility index (Phi) is 5.17. The fourth-order valence-electron chi connectivity index (χ4n) is 1.56. The van der Waals surface area contributed by atoms with E-state index in [0.717, 1.165) is 12.0 Å². The van der Waals surface area contributed by atoms with Crippen LogP contribution in [0.1, 0.15) is 29.3 Å². The first-order chi connectivity index (χ1) is 8.60. The largest absolute Gasteiger partial charge is 0.355 e. The predicted molar refractivity (Wildman–Crippen MR) is 71.9 cm³/mol. The van der Waals surface area contributed by atoms with E-state index in [4.69, 9.17) is 0 Å². The summed E-state index contributed by atoms with van der Waals surface area (Å²) < 4.78 is 0. The summed E-state index contributed by atoms with van der Waals surface area (Å²) in [5, 5.41) is 8.02. The molecule has 3 N–H and O–H groups in total. The summed E-state index contributed by atoms with van der Waals surface area (Å²) >= 11 is 0. The molecular weight excluding hydrogens is 230 g/mol. The Morgan fingerprint density at radius 2 is 2.00 bits per heavy atom. The molecule has 5 heteroatoms. The van der Waals surface area contributed by atoms with Crippen molar-refractivity contribution in [3.63, 3.8) is 0 Å². The number of amides is 3. The third-order valence-electron chi connectivity index (χ3n) is 2.59. The lowest BCUT2D eigenvalue weighted by atomic mass is 10.1. The van der Waals surface area contributed by atoms with Crippen LogP contribution in [0.3, 0.4) is 0 Å². The molecule has 0 aliphatic heterocycles. The molecule has 1 aromatic carbocycles. The van der Waals surface area contributed by atoms with Crippen LogP contribution in [0.15, 0.2) is 18.2 Å². The van der Waals surface area contributed by atoms with Crippen molar-refractivity contribution in [2.24, 2.45) is 0 Å². The second kappa shape index (κ2) is 6.64. The number of urea groups is 1. The fraction of sp³-hybridized carbons (Fsp3) is 0.385. The fourth-order valence-corrected chi connectivity index (χ4v) is 1.56. The molecule has 5 nitrogen and oxygen atoms in total. The zero-order chi connectivity index (χ0) is 13.5. The van der Waals surface area contributed by atoms with Crippen LogP contribution in [0, 0.1) is 6.92 Å². The van der Waals surface area contributed by atoms with Crippen molar-refractivity contribution in [3.05, 3.63) is 29.3 Å². The topological polar surface area (TPSA) is 70.2 Å². The normalized spacial score (nSPS) is 9.72. The van der Waals surface area contributed by atoms with E-state index in [0.29, 0.717) is 17.8 Å². The Morgan fingerprint density at radius 1 is 1.28 bits per heavy atom. The van der Waals surface area contributed by atoms with Gasteiger partial charge < -0.3 is 16.0 Å². The molecular formula is C13H19N3O2. The second-order valence-corrected chi connectivity index (χ2v) is 3.94. The summed E-state index contributed by atoms with van der Waals surface area (Å²) in [5.41, 5.74) is 1.96. The monoisotopic (exact) mass is 249 g/mol. The smallest absolute Gasteiger partial charge is 0.319 e. The molecule has 0 aromatic heterocycles. The number of hydrogen-bond donors (Lipinski definition) is 3. The van der Waals surface area contributed by atoms with Crippen LogP contribution in [-0.4, -0.2) is 25.5 Å². The van der Waals surface area contributed by atoms with E-state index < -0.39 is 0 Å². The molecule has 98 valence electrons. The maximum absolute atomic E-state index is 11.6.